The van der Waals surface area contributed by atoms with Crippen LogP contribution in [0.5, 0.6) is 0 Å². The van der Waals surface area contributed by atoms with Crippen LogP contribution in [0.25, 0.3) is 0 Å². The molecule has 6 amide bonds. The van der Waals surface area contributed by atoms with Crippen molar-refractivity contribution >= 4 is 51.9 Å². The van der Waals surface area contributed by atoms with Gasteiger partial charge in [0.15, 0.2) is 0 Å². The number of carbonyl (C=O) groups is 7. The van der Waals surface area contributed by atoms with Gasteiger partial charge in [-0.05, 0) is 49.5 Å². The molecule has 1 heterocycles. The van der Waals surface area contributed by atoms with Gasteiger partial charge in [0, 0.05) is 25.9 Å². The molecule has 1 aromatic rings. The normalized spacial score (nSPS) is 16.1. The molecule has 2 rings (SSSR count). The third-order valence-corrected chi connectivity index (χ3v) is 8.77. The van der Waals surface area contributed by atoms with Crippen molar-refractivity contribution in [1.82, 2.24) is 30.9 Å². The number of amides is 6. The largest absolute Gasteiger partial charge is 0.445 e. The van der Waals surface area contributed by atoms with Crippen LogP contribution in [0.15, 0.2) is 30.3 Å². The monoisotopic (exact) mass is 736 g/mol. The van der Waals surface area contributed by atoms with Crippen molar-refractivity contribution < 1.29 is 46.7 Å². The summed E-state index contributed by atoms with van der Waals surface area (Å²) in [6.07, 6.45) is 1.79. The molecule has 1 saturated heterocycles. The number of ether oxygens (including phenoxy) is 1. The smallest absolute Gasteiger partial charge is 0.407 e. The minimum atomic E-state index is -3.82. The van der Waals surface area contributed by atoms with E-state index in [1.165, 1.54) is 4.90 Å². The lowest BCUT2D eigenvalue weighted by atomic mass is 10.00. The summed E-state index contributed by atoms with van der Waals surface area (Å²) in [7, 11) is -3.82. The second-order valence-electron chi connectivity index (χ2n) is 13.2. The third-order valence-electron chi connectivity index (χ3n) is 8.17. The Hall–Kier alpha value is -4.54. The van der Waals surface area contributed by atoms with Crippen molar-refractivity contribution in [2.75, 3.05) is 19.3 Å². The molecule has 0 aliphatic carbocycles. The Balaban J connectivity index is 2.07. The van der Waals surface area contributed by atoms with Gasteiger partial charge in [-0.25, -0.2) is 13.2 Å². The summed E-state index contributed by atoms with van der Waals surface area (Å²) in [6, 6.07) is 5.40. The van der Waals surface area contributed by atoms with Crippen LogP contribution in [0.2, 0.25) is 0 Å². The summed E-state index contributed by atoms with van der Waals surface area (Å²) >= 11 is 0. The Morgan fingerprint density at radius 1 is 0.922 bits per heavy atom. The van der Waals surface area contributed by atoms with Gasteiger partial charge in [0.25, 0.3) is 0 Å². The van der Waals surface area contributed by atoms with Crippen molar-refractivity contribution in [3.05, 3.63) is 35.9 Å². The molecule has 1 aliphatic heterocycles. The van der Waals surface area contributed by atoms with E-state index in [1.807, 2.05) is 30.3 Å². The minimum Gasteiger partial charge on any atom is -0.445 e. The molecule has 5 N–H and O–H groups in total. The number of rotatable bonds is 20. The fourth-order valence-electron chi connectivity index (χ4n) is 5.33. The number of aldehydes is 1. The first kappa shape index (κ1) is 42.6. The number of sulfonamides is 1. The molecule has 284 valence electrons. The van der Waals surface area contributed by atoms with Gasteiger partial charge in [-0.1, -0.05) is 58.0 Å². The zero-order valence-electron chi connectivity index (χ0n) is 29.9. The van der Waals surface area contributed by atoms with E-state index in [0.29, 0.717) is 32.0 Å². The summed E-state index contributed by atoms with van der Waals surface area (Å²) in [6.45, 7) is 7.63. The van der Waals surface area contributed by atoms with Gasteiger partial charge in [0.2, 0.25) is 39.6 Å². The Kier molecular flexibility index (Phi) is 17.5. The topological polar surface area (TPSA) is 226 Å². The zero-order chi connectivity index (χ0) is 38.1. The number of alkyl carbamates (subject to hydrolysis) is 1. The lowest BCUT2D eigenvalue weighted by Gasteiger charge is -2.32. The van der Waals surface area contributed by atoms with Crippen LogP contribution in [0.1, 0.15) is 78.2 Å². The van der Waals surface area contributed by atoms with Crippen LogP contribution in [-0.4, -0.2) is 98.7 Å². The average molecular weight is 737 g/mol. The van der Waals surface area contributed by atoms with Crippen LogP contribution in [0, 0.1) is 11.8 Å². The fraction of sp³-hybridized carbons (Fsp3) is 0.618. The second kappa shape index (κ2) is 21.0. The van der Waals surface area contributed by atoms with E-state index in [0.717, 1.165) is 11.8 Å². The maximum atomic E-state index is 13.8. The van der Waals surface area contributed by atoms with Gasteiger partial charge in [-0.15, -0.1) is 0 Å². The number of nitrogens with zero attached hydrogens (tertiary/aromatic N) is 1. The maximum Gasteiger partial charge on any atom is 0.407 e. The Labute approximate surface area is 299 Å². The number of unbranched alkanes of at least 4 members (excludes halogenated alkanes) is 1. The van der Waals surface area contributed by atoms with Gasteiger partial charge < -0.3 is 35.7 Å². The zero-order valence-corrected chi connectivity index (χ0v) is 30.8. The number of hydrogen-bond donors (Lipinski definition) is 5. The first-order valence-electron chi connectivity index (χ1n) is 17.1. The van der Waals surface area contributed by atoms with Crippen LogP contribution in [0.4, 0.5) is 4.79 Å². The number of benzene rings is 1. The average Bonchev–Trinajstić information content (AvgIpc) is 3.56. The Morgan fingerprint density at radius 3 is 2.20 bits per heavy atom. The van der Waals surface area contributed by atoms with Crippen LogP contribution < -0.4 is 26.0 Å². The van der Waals surface area contributed by atoms with Crippen molar-refractivity contribution in [3.63, 3.8) is 0 Å². The second-order valence-corrected chi connectivity index (χ2v) is 15.0. The molecule has 1 aromatic carbocycles. The lowest BCUT2D eigenvalue weighted by Crippen LogP contribution is -2.58. The van der Waals surface area contributed by atoms with Crippen molar-refractivity contribution in [1.29, 1.82) is 0 Å². The standard InChI is InChI=1S/C34H52N6O10S/c1-22(2)26(20-41)37-32(45)27-15-11-19-40(27)33(46)30(23(3)4)38-31(44)25(36-28(42)16-17-29(43)39-51(5,48)49)14-9-10-18-35-34(47)50-21-24-12-7-6-8-13-24/h6-8,12-13,20,22-23,25-27,30H,9-11,14-19,21H2,1-5H3,(H,35,47)(H,36,42)(H,37,45)(H,38,44)(H,39,43)/t25-,26+,27-,30-/m0/s1. The number of nitrogens with one attached hydrogen (secondary N) is 5. The highest BCUT2D eigenvalue weighted by Crippen LogP contribution is 2.21. The van der Waals surface area contributed by atoms with E-state index in [1.54, 1.807) is 32.4 Å². The van der Waals surface area contributed by atoms with Gasteiger partial charge in [0.05, 0.1) is 12.3 Å². The summed E-state index contributed by atoms with van der Waals surface area (Å²) < 4.78 is 29.6. The Morgan fingerprint density at radius 2 is 1.59 bits per heavy atom. The van der Waals surface area contributed by atoms with E-state index >= 15 is 0 Å². The number of hydrogen-bond acceptors (Lipinski definition) is 10. The van der Waals surface area contributed by atoms with Gasteiger partial charge in [0.1, 0.15) is 31.0 Å². The highest BCUT2D eigenvalue weighted by Gasteiger charge is 2.40. The van der Waals surface area contributed by atoms with E-state index in [9.17, 15) is 42.0 Å². The highest BCUT2D eigenvalue weighted by atomic mass is 32.2. The molecular formula is C34H52N6O10S. The molecule has 16 nitrogen and oxygen atoms in total. The highest BCUT2D eigenvalue weighted by molar-refractivity contribution is 7.89. The van der Waals surface area contributed by atoms with Crippen LogP contribution in [0.3, 0.4) is 0 Å². The molecule has 1 fully saturated rings. The van der Waals surface area contributed by atoms with Crippen LogP contribution in [-0.2, 0) is 50.1 Å². The van der Waals surface area contributed by atoms with E-state index in [-0.39, 0.29) is 32.0 Å². The Bertz CT molecular complexity index is 1470. The summed E-state index contributed by atoms with van der Waals surface area (Å²) in [5.74, 6) is -3.75. The predicted molar refractivity (Wildman–Crippen MR) is 187 cm³/mol. The van der Waals surface area contributed by atoms with E-state index in [2.05, 4.69) is 21.3 Å². The van der Waals surface area contributed by atoms with Crippen molar-refractivity contribution in [2.24, 2.45) is 11.8 Å². The quantitative estimate of drug-likeness (QED) is 0.0939. The number of likely N-dealkylation sites (tertiary alicyclic amines) is 1. The molecule has 17 heteroatoms. The van der Waals surface area contributed by atoms with E-state index in [4.69, 9.17) is 4.74 Å². The molecule has 4 atom stereocenters. The van der Waals surface area contributed by atoms with Crippen molar-refractivity contribution in [2.45, 2.75) is 103 Å². The first-order chi connectivity index (χ1) is 24.0. The number of carbonyl (C=O) groups excluding carboxylic acids is 7. The SMILES string of the molecule is CC(C)[C@H](NC(=O)[C@H](CCCCNC(=O)OCc1ccccc1)NC(=O)CCC(=O)NS(C)(=O)=O)C(=O)N1CCC[C@H]1C(=O)N[C@H](C=O)C(C)C. The van der Waals surface area contributed by atoms with Crippen molar-refractivity contribution in [3.8, 4) is 0 Å². The molecule has 0 bridgehead atoms. The first-order valence-corrected chi connectivity index (χ1v) is 19.0. The molecule has 0 saturated carbocycles. The maximum absolute atomic E-state index is 13.8. The van der Waals surface area contributed by atoms with Crippen LogP contribution >= 0.6 is 0 Å². The third kappa shape index (κ3) is 15.5. The van der Waals surface area contributed by atoms with Gasteiger partial charge in [-0.2, -0.15) is 0 Å². The fourth-order valence-corrected chi connectivity index (χ4v) is 5.84. The molecule has 0 unspecified atom stereocenters. The lowest BCUT2D eigenvalue weighted by molar-refractivity contribution is -0.143. The molecule has 51 heavy (non-hydrogen) atoms. The van der Waals surface area contributed by atoms with E-state index < -0.39 is 88.6 Å². The summed E-state index contributed by atoms with van der Waals surface area (Å²) in [4.78, 5) is 90.2. The molecule has 0 aromatic heterocycles. The molecule has 0 spiro atoms. The van der Waals surface area contributed by atoms with Gasteiger partial charge in [-0.3, -0.25) is 28.7 Å². The summed E-state index contributed by atoms with van der Waals surface area (Å²) in [5, 5.41) is 10.6. The predicted octanol–water partition coefficient (Wildman–Crippen LogP) is 0.895. The molecular weight excluding hydrogens is 684 g/mol. The van der Waals surface area contributed by atoms with Gasteiger partial charge >= 0.3 is 6.09 Å². The molecule has 0 radical (unpaired) electrons. The summed E-state index contributed by atoms with van der Waals surface area (Å²) in [5.41, 5.74) is 0.824. The molecule has 1 aliphatic rings. The minimum absolute atomic E-state index is 0.0962.